The molecular formula is C20H21N3O2. The maximum absolute atomic E-state index is 8.95. The number of aromatic nitrogens is 1. The van der Waals surface area contributed by atoms with E-state index >= 15 is 0 Å². The van der Waals surface area contributed by atoms with E-state index in [0.29, 0.717) is 12.2 Å². The zero-order chi connectivity index (χ0) is 17.1. The lowest BCUT2D eigenvalue weighted by molar-refractivity contribution is -0.00814. The van der Waals surface area contributed by atoms with Gasteiger partial charge in [-0.15, -0.1) is 0 Å². The first-order valence-electron chi connectivity index (χ1n) is 8.72. The van der Waals surface area contributed by atoms with E-state index in [1.165, 1.54) is 0 Å². The predicted octanol–water partition coefficient (Wildman–Crippen LogP) is 3.16. The number of ether oxygens (including phenoxy) is 2. The van der Waals surface area contributed by atoms with Gasteiger partial charge in [-0.3, -0.25) is 4.98 Å². The minimum atomic E-state index is -0.140. The molecule has 0 saturated carbocycles. The van der Waals surface area contributed by atoms with E-state index in [-0.39, 0.29) is 11.7 Å². The summed E-state index contributed by atoms with van der Waals surface area (Å²) in [6.07, 6.45) is 6.62. The highest BCUT2D eigenvalue weighted by Crippen LogP contribution is 2.37. The maximum atomic E-state index is 8.95. The lowest BCUT2D eigenvalue weighted by Crippen LogP contribution is -2.48. The van der Waals surface area contributed by atoms with Gasteiger partial charge in [-0.25, -0.2) is 0 Å². The first-order valence-corrected chi connectivity index (χ1v) is 8.72. The van der Waals surface area contributed by atoms with Crippen LogP contribution in [0.3, 0.4) is 0 Å². The van der Waals surface area contributed by atoms with E-state index < -0.39 is 0 Å². The van der Waals surface area contributed by atoms with Crippen molar-refractivity contribution in [3.63, 3.8) is 0 Å². The van der Waals surface area contributed by atoms with Crippen molar-refractivity contribution in [2.45, 2.75) is 31.0 Å². The van der Waals surface area contributed by atoms with Gasteiger partial charge >= 0.3 is 0 Å². The topological polar surface area (TPSA) is 58.4 Å². The number of hydrogen-bond donors (Lipinski definition) is 0. The first kappa shape index (κ1) is 15.9. The molecule has 0 unspecified atom stereocenters. The van der Waals surface area contributed by atoms with Gasteiger partial charge in [0.25, 0.3) is 0 Å². The minimum Gasteiger partial charge on any atom is -0.486 e. The van der Waals surface area contributed by atoms with Gasteiger partial charge in [-0.1, -0.05) is 0 Å². The molecule has 0 amide bonds. The monoisotopic (exact) mass is 335 g/mol. The summed E-state index contributed by atoms with van der Waals surface area (Å²) in [6, 6.07) is 13.8. The van der Waals surface area contributed by atoms with Crippen LogP contribution in [-0.4, -0.2) is 36.4 Å². The maximum Gasteiger partial charge on any atom is 0.138 e. The molecule has 3 heterocycles. The second-order valence-corrected chi connectivity index (χ2v) is 6.81. The molecule has 25 heavy (non-hydrogen) atoms. The number of hydrogen-bond acceptors (Lipinski definition) is 5. The van der Waals surface area contributed by atoms with Crippen molar-refractivity contribution in [3.8, 4) is 11.8 Å². The third-order valence-corrected chi connectivity index (χ3v) is 5.01. The lowest BCUT2D eigenvalue weighted by atomic mass is 9.89. The van der Waals surface area contributed by atoms with Crippen LogP contribution in [0.1, 0.15) is 24.8 Å². The first-order chi connectivity index (χ1) is 12.3. The molecule has 5 nitrogen and oxygen atoms in total. The smallest absolute Gasteiger partial charge is 0.138 e. The van der Waals surface area contributed by atoms with Gasteiger partial charge in [0.2, 0.25) is 0 Å². The highest BCUT2D eigenvalue weighted by Gasteiger charge is 2.44. The molecule has 1 spiro atoms. The molecule has 2 fully saturated rings. The normalized spacial score (nSPS) is 25.7. The number of nitriles is 1. The van der Waals surface area contributed by atoms with Crippen molar-refractivity contribution < 1.29 is 9.47 Å². The highest BCUT2D eigenvalue weighted by molar-refractivity contribution is 5.50. The molecule has 0 bridgehead atoms. The molecule has 0 aliphatic carbocycles. The largest absolute Gasteiger partial charge is 0.486 e. The number of benzene rings is 1. The number of pyridine rings is 1. The van der Waals surface area contributed by atoms with Gasteiger partial charge in [0.05, 0.1) is 30.0 Å². The fourth-order valence-corrected chi connectivity index (χ4v) is 3.84. The Hall–Kier alpha value is -2.58. The molecule has 0 N–H and O–H groups in total. The summed E-state index contributed by atoms with van der Waals surface area (Å²) >= 11 is 0. The number of anilines is 1. The second kappa shape index (κ2) is 6.73. The number of nitrogens with zero attached hydrogens (tertiary/aromatic N) is 3. The Morgan fingerprint density at radius 2 is 2.16 bits per heavy atom. The quantitative estimate of drug-likeness (QED) is 0.862. The SMILES string of the molecule is N#Cc1ccc(N2CCC[C@]3(C[C@H](Oc4cccnc4)CO3)C2)cc1. The molecule has 2 aliphatic rings. The lowest BCUT2D eigenvalue weighted by Gasteiger charge is -2.40. The van der Waals surface area contributed by atoms with Crippen molar-refractivity contribution in [2.75, 3.05) is 24.6 Å². The molecule has 1 aromatic carbocycles. The summed E-state index contributed by atoms with van der Waals surface area (Å²) < 4.78 is 12.3. The van der Waals surface area contributed by atoms with Gasteiger partial charge in [0, 0.05) is 31.4 Å². The molecular weight excluding hydrogens is 314 g/mol. The molecule has 0 radical (unpaired) electrons. The fraction of sp³-hybridized carbons (Fsp3) is 0.400. The Bertz CT molecular complexity index is 757. The van der Waals surface area contributed by atoms with Gasteiger partial charge in [0.1, 0.15) is 11.9 Å². The number of piperidine rings is 1. The van der Waals surface area contributed by atoms with Crippen molar-refractivity contribution >= 4 is 5.69 Å². The average Bonchev–Trinajstić information content (AvgIpc) is 3.04. The van der Waals surface area contributed by atoms with Crippen molar-refractivity contribution in [3.05, 3.63) is 54.4 Å². The van der Waals surface area contributed by atoms with Crippen LogP contribution in [0.2, 0.25) is 0 Å². The summed E-state index contributed by atoms with van der Waals surface area (Å²) in [5.41, 5.74) is 1.70. The van der Waals surface area contributed by atoms with E-state index in [4.69, 9.17) is 14.7 Å². The summed E-state index contributed by atoms with van der Waals surface area (Å²) in [6.45, 7) is 2.51. The van der Waals surface area contributed by atoms with Gasteiger partial charge in [-0.2, -0.15) is 5.26 Å². The van der Waals surface area contributed by atoms with E-state index in [1.54, 1.807) is 12.4 Å². The molecule has 1 aromatic heterocycles. The Morgan fingerprint density at radius 3 is 2.92 bits per heavy atom. The van der Waals surface area contributed by atoms with E-state index in [2.05, 4.69) is 16.0 Å². The van der Waals surface area contributed by atoms with Gasteiger partial charge in [0.15, 0.2) is 0 Å². The van der Waals surface area contributed by atoms with Crippen LogP contribution in [0.25, 0.3) is 0 Å². The Labute approximate surface area is 147 Å². The number of rotatable bonds is 3. The van der Waals surface area contributed by atoms with Crippen LogP contribution in [0.5, 0.6) is 5.75 Å². The van der Waals surface area contributed by atoms with Crippen LogP contribution in [-0.2, 0) is 4.74 Å². The van der Waals surface area contributed by atoms with Crippen molar-refractivity contribution in [2.24, 2.45) is 0 Å². The summed E-state index contributed by atoms with van der Waals surface area (Å²) in [7, 11) is 0. The van der Waals surface area contributed by atoms with Crippen LogP contribution in [0.4, 0.5) is 5.69 Å². The molecule has 128 valence electrons. The second-order valence-electron chi connectivity index (χ2n) is 6.81. The zero-order valence-corrected chi connectivity index (χ0v) is 14.1. The van der Waals surface area contributed by atoms with Crippen LogP contribution < -0.4 is 9.64 Å². The van der Waals surface area contributed by atoms with Crippen LogP contribution in [0.15, 0.2) is 48.8 Å². The fourth-order valence-electron chi connectivity index (χ4n) is 3.84. The molecule has 2 saturated heterocycles. The van der Waals surface area contributed by atoms with E-state index in [1.807, 2.05) is 36.4 Å². The predicted molar refractivity (Wildman–Crippen MR) is 94.6 cm³/mol. The Balaban J connectivity index is 1.43. The average molecular weight is 335 g/mol. The Morgan fingerprint density at radius 1 is 1.28 bits per heavy atom. The van der Waals surface area contributed by atoms with Gasteiger partial charge in [-0.05, 0) is 49.2 Å². The molecule has 2 atom stereocenters. The summed E-state index contributed by atoms with van der Waals surface area (Å²) in [5, 5.41) is 8.95. The standard InChI is InChI=1S/C20H21N3O2/c21-12-16-4-6-17(7-5-16)23-10-2-8-20(15-23)11-19(14-24-20)25-18-3-1-9-22-13-18/h1,3-7,9,13,19H,2,8,10-11,14-15H2/t19-,20-/m0/s1. The zero-order valence-electron chi connectivity index (χ0n) is 14.1. The molecule has 4 rings (SSSR count). The molecule has 5 heteroatoms. The molecule has 2 aliphatic heterocycles. The van der Waals surface area contributed by atoms with Crippen LogP contribution >= 0.6 is 0 Å². The minimum absolute atomic E-state index is 0.0742. The third-order valence-electron chi connectivity index (χ3n) is 5.01. The van der Waals surface area contributed by atoms with Crippen molar-refractivity contribution in [1.82, 2.24) is 4.98 Å². The van der Waals surface area contributed by atoms with E-state index in [0.717, 1.165) is 43.8 Å². The van der Waals surface area contributed by atoms with E-state index in [9.17, 15) is 0 Å². The highest BCUT2D eigenvalue weighted by atomic mass is 16.6. The van der Waals surface area contributed by atoms with Crippen LogP contribution in [0, 0.1) is 11.3 Å². The summed E-state index contributed by atoms with van der Waals surface area (Å²) in [4.78, 5) is 6.46. The third kappa shape index (κ3) is 3.45. The Kier molecular flexibility index (Phi) is 4.29. The molecule has 2 aromatic rings. The van der Waals surface area contributed by atoms with Gasteiger partial charge < -0.3 is 14.4 Å². The van der Waals surface area contributed by atoms with Crippen molar-refractivity contribution in [1.29, 1.82) is 5.26 Å². The summed E-state index contributed by atoms with van der Waals surface area (Å²) in [5.74, 6) is 0.799.